The molecule has 2 N–H and O–H groups in total. The summed E-state index contributed by atoms with van der Waals surface area (Å²) < 4.78 is 4.98. The highest BCUT2D eigenvalue weighted by Gasteiger charge is 2.16. The highest BCUT2D eigenvalue weighted by atomic mass is 35.5. The van der Waals surface area contributed by atoms with Gasteiger partial charge >= 0.3 is 0 Å². The normalized spacial score (nSPS) is 12.5. The molecule has 0 aliphatic carbocycles. The second-order valence-corrected chi connectivity index (χ2v) is 3.68. The van der Waals surface area contributed by atoms with E-state index in [1.165, 1.54) is 6.07 Å². The molecular weight excluding hydrogens is 237 g/mol. The highest BCUT2D eigenvalue weighted by Crippen LogP contribution is 2.23. The van der Waals surface area contributed by atoms with Crippen molar-refractivity contribution in [3.8, 4) is 0 Å². The predicted molar refractivity (Wildman–Crippen MR) is 60.4 cm³/mol. The maximum atomic E-state index is 11.6. The first-order chi connectivity index (χ1) is 7.06. The van der Waals surface area contributed by atoms with Crippen molar-refractivity contribution in [1.29, 1.82) is 0 Å². The van der Waals surface area contributed by atoms with E-state index in [9.17, 15) is 4.79 Å². The summed E-state index contributed by atoms with van der Waals surface area (Å²) in [4.78, 5) is 11.6. The van der Waals surface area contributed by atoms with Crippen LogP contribution >= 0.6 is 23.2 Å². The molecule has 0 aromatic heterocycles. The summed E-state index contributed by atoms with van der Waals surface area (Å²) in [5.74, 6) is -0.310. The molecule has 0 saturated heterocycles. The molecule has 3 nitrogen and oxygen atoms in total. The first-order valence-electron chi connectivity index (χ1n) is 4.42. The van der Waals surface area contributed by atoms with Crippen molar-refractivity contribution >= 4 is 29.0 Å². The Morgan fingerprint density at radius 1 is 1.47 bits per heavy atom. The standard InChI is InChI=1S/C10H11Cl2NO2/c1-2-15-10(13)9(14)6-3-4-7(11)8(12)5-6/h3-5,10H,2,13H2,1H3. The van der Waals surface area contributed by atoms with Gasteiger partial charge in [0, 0.05) is 12.2 Å². The quantitative estimate of drug-likeness (QED) is 0.657. The topological polar surface area (TPSA) is 52.3 Å². The molecule has 0 aliphatic heterocycles. The average molecular weight is 248 g/mol. The molecule has 0 spiro atoms. The van der Waals surface area contributed by atoms with Gasteiger partial charge in [0.15, 0.2) is 6.23 Å². The minimum atomic E-state index is -0.952. The number of ether oxygens (including phenoxy) is 1. The van der Waals surface area contributed by atoms with E-state index in [-0.39, 0.29) is 5.78 Å². The summed E-state index contributed by atoms with van der Waals surface area (Å²) in [6.07, 6.45) is -0.952. The predicted octanol–water partition coefficient (Wildman–Crippen LogP) is 2.50. The van der Waals surface area contributed by atoms with Crippen LogP contribution in [0, 0.1) is 0 Å². The third kappa shape index (κ3) is 3.18. The molecule has 1 aromatic rings. The number of rotatable bonds is 4. The zero-order valence-corrected chi connectivity index (χ0v) is 9.68. The van der Waals surface area contributed by atoms with Gasteiger partial charge in [0.25, 0.3) is 0 Å². The Morgan fingerprint density at radius 3 is 2.67 bits per heavy atom. The number of halogens is 2. The molecule has 0 saturated carbocycles. The Labute approximate surface area is 98.1 Å². The summed E-state index contributed by atoms with van der Waals surface area (Å²) in [6.45, 7) is 2.15. The van der Waals surface area contributed by atoms with Crippen LogP contribution in [0.15, 0.2) is 18.2 Å². The summed E-state index contributed by atoms with van der Waals surface area (Å²) in [5.41, 5.74) is 5.89. The third-order valence-electron chi connectivity index (χ3n) is 1.81. The van der Waals surface area contributed by atoms with Crippen molar-refractivity contribution in [2.45, 2.75) is 13.2 Å². The number of nitrogens with two attached hydrogens (primary N) is 1. The van der Waals surface area contributed by atoms with E-state index >= 15 is 0 Å². The van der Waals surface area contributed by atoms with Crippen LogP contribution in [0.5, 0.6) is 0 Å². The van der Waals surface area contributed by atoms with Crippen LogP contribution < -0.4 is 5.73 Å². The molecule has 0 amide bonds. The van der Waals surface area contributed by atoms with E-state index in [1.807, 2.05) is 0 Å². The van der Waals surface area contributed by atoms with E-state index in [4.69, 9.17) is 33.7 Å². The first kappa shape index (κ1) is 12.5. The molecule has 0 heterocycles. The number of carbonyl (C=O) groups excluding carboxylic acids is 1. The lowest BCUT2D eigenvalue weighted by Gasteiger charge is -2.10. The second kappa shape index (κ2) is 5.47. The largest absolute Gasteiger partial charge is 0.356 e. The fourth-order valence-corrected chi connectivity index (χ4v) is 1.37. The molecule has 1 rings (SSSR count). The van der Waals surface area contributed by atoms with Crippen LogP contribution in [0.1, 0.15) is 17.3 Å². The number of ketones is 1. The average Bonchev–Trinajstić information content (AvgIpc) is 2.21. The molecule has 1 aromatic carbocycles. The first-order valence-corrected chi connectivity index (χ1v) is 5.18. The van der Waals surface area contributed by atoms with Gasteiger partial charge in [-0.05, 0) is 25.1 Å². The van der Waals surface area contributed by atoms with Crippen LogP contribution in [0.4, 0.5) is 0 Å². The smallest absolute Gasteiger partial charge is 0.206 e. The minimum absolute atomic E-state index is 0.310. The Bertz CT molecular complexity index is 368. The van der Waals surface area contributed by atoms with Crippen molar-refractivity contribution in [3.05, 3.63) is 33.8 Å². The monoisotopic (exact) mass is 247 g/mol. The van der Waals surface area contributed by atoms with Gasteiger partial charge in [-0.3, -0.25) is 10.5 Å². The van der Waals surface area contributed by atoms with Gasteiger partial charge in [0.05, 0.1) is 10.0 Å². The summed E-state index contributed by atoms with van der Waals surface area (Å²) in [6, 6.07) is 4.59. The van der Waals surface area contributed by atoms with Crippen molar-refractivity contribution in [2.75, 3.05) is 6.61 Å². The van der Waals surface area contributed by atoms with Gasteiger partial charge < -0.3 is 4.74 Å². The van der Waals surface area contributed by atoms with Crippen LogP contribution in [0.3, 0.4) is 0 Å². The lowest BCUT2D eigenvalue weighted by molar-refractivity contribution is 0.0479. The van der Waals surface area contributed by atoms with E-state index in [2.05, 4.69) is 0 Å². The third-order valence-corrected chi connectivity index (χ3v) is 2.55. The Kier molecular flexibility index (Phi) is 4.54. The molecule has 15 heavy (non-hydrogen) atoms. The van der Waals surface area contributed by atoms with Crippen LogP contribution in [-0.2, 0) is 4.74 Å². The fourth-order valence-electron chi connectivity index (χ4n) is 1.07. The molecule has 0 aliphatic rings. The number of hydrogen-bond donors (Lipinski definition) is 1. The molecule has 1 unspecified atom stereocenters. The van der Waals surface area contributed by atoms with Crippen molar-refractivity contribution < 1.29 is 9.53 Å². The van der Waals surface area contributed by atoms with Crippen LogP contribution in [0.25, 0.3) is 0 Å². The summed E-state index contributed by atoms with van der Waals surface area (Å²) in [5, 5.41) is 0.726. The number of Topliss-reactive ketones (excluding diaryl/α,β-unsaturated/α-hetero) is 1. The number of hydrogen-bond acceptors (Lipinski definition) is 3. The second-order valence-electron chi connectivity index (χ2n) is 2.87. The Balaban J connectivity index is 2.87. The van der Waals surface area contributed by atoms with E-state index in [1.54, 1.807) is 19.1 Å². The summed E-state index contributed by atoms with van der Waals surface area (Å²) in [7, 11) is 0. The lowest BCUT2D eigenvalue weighted by Crippen LogP contribution is -2.33. The van der Waals surface area contributed by atoms with Crippen molar-refractivity contribution in [1.82, 2.24) is 0 Å². The number of carbonyl (C=O) groups is 1. The van der Waals surface area contributed by atoms with Crippen molar-refractivity contribution in [3.63, 3.8) is 0 Å². The SMILES string of the molecule is CCOC(N)C(=O)c1ccc(Cl)c(Cl)c1. The van der Waals surface area contributed by atoms with E-state index < -0.39 is 6.23 Å². The lowest BCUT2D eigenvalue weighted by atomic mass is 10.1. The molecule has 5 heteroatoms. The molecule has 0 bridgehead atoms. The Hall–Kier alpha value is -0.610. The Morgan fingerprint density at radius 2 is 2.13 bits per heavy atom. The van der Waals surface area contributed by atoms with E-state index in [0.717, 1.165) is 0 Å². The van der Waals surface area contributed by atoms with Gasteiger partial charge in [-0.2, -0.15) is 0 Å². The van der Waals surface area contributed by atoms with Gasteiger partial charge in [0.1, 0.15) is 0 Å². The van der Waals surface area contributed by atoms with Gasteiger partial charge in [-0.15, -0.1) is 0 Å². The van der Waals surface area contributed by atoms with Gasteiger partial charge in [0.2, 0.25) is 5.78 Å². The zero-order valence-electron chi connectivity index (χ0n) is 8.17. The highest BCUT2D eigenvalue weighted by molar-refractivity contribution is 6.42. The fraction of sp³-hybridized carbons (Fsp3) is 0.300. The number of benzene rings is 1. The minimum Gasteiger partial charge on any atom is -0.356 e. The summed E-state index contributed by atoms with van der Waals surface area (Å²) >= 11 is 11.5. The zero-order chi connectivity index (χ0) is 11.4. The molecule has 1 atom stereocenters. The molecule has 0 fully saturated rings. The molecular formula is C10H11Cl2NO2. The van der Waals surface area contributed by atoms with Gasteiger partial charge in [-0.1, -0.05) is 23.2 Å². The van der Waals surface area contributed by atoms with Crippen molar-refractivity contribution in [2.24, 2.45) is 5.73 Å². The maximum Gasteiger partial charge on any atom is 0.206 e. The van der Waals surface area contributed by atoms with Crippen LogP contribution in [0.2, 0.25) is 10.0 Å². The molecule has 0 radical (unpaired) electrons. The molecule has 82 valence electrons. The van der Waals surface area contributed by atoms with Gasteiger partial charge in [-0.25, -0.2) is 0 Å². The maximum absolute atomic E-state index is 11.6. The van der Waals surface area contributed by atoms with E-state index in [0.29, 0.717) is 22.2 Å². The van der Waals surface area contributed by atoms with Crippen LogP contribution in [-0.4, -0.2) is 18.6 Å².